The third kappa shape index (κ3) is 2.25. The molecule has 2 heterocycles. The molecule has 0 saturated carbocycles. The average Bonchev–Trinajstić information content (AvgIpc) is 2.76. The van der Waals surface area contributed by atoms with Crippen LogP contribution in [0.4, 0.5) is 11.4 Å². The highest BCUT2D eigenvalue weighted by atomic mass is 35.5. The van der Waals surface area contributed by atoms with E-state index in [1.54, 1.807) is 23.6 Å². The van der Waals surface area contributed by atoms with Gasteiger partial charge in [-0.2, -0.15) is 0 Å². The van der Waals surface area contributed by atoms with E-state index in [1.165, 1.54) is 10.1 Å². The van der Waals surface area contributed by atoms with Gasteiger partial charge in [0.2, 0.25) is 0 Å². The quantitative estimate of drug-likeness (QED) is 0.676. The summed E-state index contributed by atoms with van der Waals surface area (Å²) in [5.41, 5.74) is 2.00. The zero-order valence-electron chi connectivity index (χ0n) is 8.85. The van der Waals surface area contributed by atoms with Crippen LogP contribution >= 0.6 is 22.9 Å². The topological polar surface area (TPSA) is 24.9 Å². The fraction of sp³-hybridized carbons (Fsp3) is 0. The van der Waals surface area contributed by atoms with E-state index >= 15 is 0 Å². The Morgan fingerprint density at radius 2 is 1.94 bits per heavy atom. The van der Waals surface area contributed by atoms with Gasteiger partial charge in [0.25, 0.3) is 0 Å². The van der Waals surface area contributed by atoms with Crippen molar-refractivity contribution in [3.63, 3.8) is 0 Å². The van der Waals surface area contributed by atoms with Gasteiger partial charge in [0, 0.05) is 22.3 Å². The number of rotatable bonds is 2. The number of halogens is 1. The Morgan fingerprint density at radius 3 is 2.82 bits per heavy atom. The van der Waals surface area contributed by atoms with Crippen LogP contribution in [0.15, 0.2) is 48.0 Å². The summed E-state index contributed by atoms with van der Waals surface area (Å²) in [5, 5.41) is 7.14. The number of benzene rings is 1. The maximum Gasteiger partial charge on any atom is 0.131 e. The molecule has 0 bridgehead atoms. The van der Waals surface area contributed by atoms with Crippen molar-refractivity contribution in [2.24, 2.45) is 0 Å². The number of pyridine rings is 1. The normalized spacial score (nSPS) is 10.6. The molecular formula is C13H9ClN2S. The first-order valence-corrected chi connectivity index (χ1v) is 6.43. The molecule has 0 aliphatic carbocycles. The fourth-order valence-corrected chi connectivity index (χ4v) is 2.64. The molecule has 3 aromatic rings. The highest BCUT2D eigenvalue weighted by Gasteiger charge is 1.99. The highest BCUT2D eigenvalue weighted by molar-refractivity contribution is 7.17. The van der Waals surface area contributed by atoms with Gasteiger partial charge in [0.05, 0.1) is 0 Å². The Bertz CT molecular complexity index is 663. The molecule has 2 aromatic heterocycles. The highest BCUT2D eigenvalue weighted by Crippen LogP contribution is 2.26. The lowest BCUT2D eigenvalue weighted by Crippen LogP contribution is -1.90. The number of fused-ring (bicyclic) bond motifs is 1. The number of aromatic nitrogens is 1. The van der Waals surface area contributed by atoms with E-state index < -0.39 is 0 Å². The van der Waals surface area contributed by atoms with Gasteiger partial charge in [0.15, 0.2) is 0 Å². The van der Waals surface area contributed by atoms with Crippen molar-refractivity contribution in [2.75, 3.05) is 5.32 Å². The summed E-state index contributed by atoms with van der Waals surface area (Å²) < 4.78 is 1.29. The van der Waals surface area contributed by atoms with Crippen molar-refractivity contribution in [3.05, 3.63) is 53.1 Å². The molecule has 0 unspecified atom stereocenters. The SMILES string of the molecule is Clc1cc(Nc2ccc3sccc3c2)ccn1. The van der Waals surface area contributed by atoms with E-state index in [0.717, 1.165) is 11.4 Å². The van der Waals surface area contributed by atoms with Crippen molar-refractivity contribution < 1.29 is 0 Å². The zero-order valence-corrected chi connectivity index (χ0v) is 10.4. The lowest BCUT2D eigenvalue weighted by atomic mass is 10.2. The van der Waals surface area contributed by atoms with Crippen LogP contribution in [0.2, 0.25) is 5.15 Å². The molecule has 1 aromatic carbocycles. The summed E-state index contributed by atoms with van der Waals surface area (Å²) in [5.74, 6) is 0. The number of thiophene rings is 1. The second-order valence-corrected chi connectivity index (χ2v) is 5.00. The first-order valence-electron chi connectivity index (χ1n) is 5.17. The second-order valence-electron chi connectivity index (χ2n) is 3.67. The summed E-state index contributed by atoms with van der Waals surface area (Å²) in [6, 6.07) is 12.1. The average molecular weight is 261 g/mol. The van der Waals surface area contributed by atoms with Crippen LogP contribution < -0.4 is 5.32 Å². The van der Waals surface area contributed by atoms with E-state index in [1.807, 2.05) is 6.07 Å². The van der Waals surface area contributed by atoms with Gasteiger partial charge in [-0.3, -0.25) is 0 Å². The van der Waals surface area contributed by atoms with Gasteiger partial charge in [-0.05, 0) is 47.2 Å². The van der Waals surface area contributed by atoms with Gasteiger partial charge in [-0.15, -0.1) is 11.3 Å². The van der Waals surface area contributed by atoms with Crippen LogP contribution in [-0.2, 0) is 0 Å². The number of hydrogen-bond donors (Lipinski definition) is 1. The summed E-state index contributed by atoms with van der Waals surface area (Å²) in [7, 11) is 0. The summed E-state index contributed by atoms with van der Waals surface area (Å²) in [6.45, 7) is 0. The maximum absolute atomic E-state index is 5.84. The first-order chi connectivity index (χ1) is 8.31. The Labute approximate surface area is 108 Å². The minimum atomic E-state index is 0.492. The van der Waals surface area contributed by atoms with Gasteiger partial charge in [-0.1, -0.05) is 11.6 Å². The van der Waals surface area contributed by atoms with Crippen LogP contribution in [0.25, 0.3) is 10.1 Å². The fourth-order valence-electron chi connectivity index (χ4n) is 1.69. The summed E-state index contributed by atoms with van der Waals surface area (Å²) in [4.78, 5) is 3.95. The van der Waals surface area contributed by atoms with Crippen LogP contribution in [0.3, 0.4) is 0 Å². The molecule has 0 amide bonds. The monoisotopic (exact) mass is 260 g/mol. The van der Waals surface area contributed by atoms with Crippen molar-refractivity contribution in [1.82, 2.24) is 4.98 Å². The minimum Gasteiger partial charge on any atom is -0.355 e. The molecule has 0 spiro atoms. The molecule has 0 saturated heterocycles. The van der Waals surface area contributed by atoms with Gasteiger partial charge < -0.3 is 5.32 Å². The van der Waals surface area contributed by atoms with E-state index in [0.29, 0.717) is 5.15 Å². The lowest BCUT2D eigenvalue weighted by Gasteiger charge is -2.06. The molecule has 84 valence electrons. The Morgan fingerprint density at radius 1 is 1.06 bits per heavy atom. The second kappa shape index (κ2) is 4.35. The van der Waals surface area contributed by atoms with Gasteiger partial charge >= 0.3 is 0 Å². The van der Waals surface area contributed by atoms with Crippen molar-refractivity contribution >= 4 is 44.4 Å². The third-order valence-corrected chi connectivity index (χ3v) is 3.57. The molecular weight excluding hydrogens is 252 g/mol. The summed E-state index contributed by atoms with van der Waals surface area (Å²) >= 11 is 7.59. The number of nitrogens with zero attached hydrogens (tertiary/aromatic N) is 1. The minimum absolute atomic E-state index is 0.492. The smallest absolute Gasteiger partial charge is 0.131 e. The largest absolute Gasteiger partial charge is 0.355 e. The van der Waals surface area contributed by atoms with E-state index in [2.05, 4.69) is 39.9 Å². The number of nitrogens with one attached hydrogen (secondary N) is 1. The molecule has 0 radical (unpaired) electrons. The lowest BCUT2D eigenvalue weighted by molar-refractivity contribution is 1.32. The first kappa shape index (κ1) is 10.6. The molecule has 0 fully saturated rings. The van der Waals surface area contributed by atoms with E-state index in [4.69, 9.17) is 11.6 Å². The standard InChI is InChI=1S/C13H9ClN2S/c14-13-8-11(3-5-15-13)16-10-1-2-12-9(7-10)4-6-17-12/h1-8H,(H,15,16). The molecule has 1 N–H and O–H groups in total. The Kier molecular flexibility index (Phi) is 2.71. The molecule has 0 aliphatic heterocycles. The third-order valence-electron chi connectivity index (χ3n) is 2.47. The zero-order chi connectivity index (χ0) is 11.7. The van der Waals surface area contributed by atoms with Crippen LogP contribution in [0, 0.1) is 0 Å². The van der Waals surface area contributed by atoms with E-state index in [-0.39, 0.29) is 0 Å². The van der Waals surface area contributed by atoms with Crippen LogP contribution in [-0.4, -0.2) is 4.98 Å². The number of anilines is 2. The number of hydrogen-bond acceptors (Lipinski definition) is 3. The predicted octanol–water partition coefficient (Wildman–Crippen LogP) is 4.69. The molecule has 0 aliphatic rings. The Balaban J connectivity index is 1.94. The molecule has 3 rings (SSSR count). The molecule has 2 nitrogen and oxygen atoms in total. The van der Waals surface area contributed by atoms with Gasteiger partial charge in [-0.25, -0.2) is 4.98 Å². The molecule has 17 heavy (non-hydrogen) atoms. The Hall–Kier alpha value is -1.58. The maximum atomic E-state index is 5.84. The van der Waals surface area contributed by atoms with Crippen LogP contribution in [0.5, 0.6) is 0 Å². The summed E-state index contributed by atoms with van der Waals surface area (Å²) in [6.07, 6.45) is 1.69. The van der Waals surface area contributed by atoms with Crippen LogP contribution in [0.1, 0.15) is 0 Å². The van der Waals surface area contributed by atoms with Crippen molar-refractivity contribution in [1.29, 1.82) is 0 Å². The molecule has 0 atom stereocenters. The predicted molar refractivity (Wildman–Crippen MR) is 74.4 cm³/mol. The van der Waals surface area contributed by atoms with Gasteiger partial charge in [0.1, 0.15) is 5.15 Å². The molecule has 4 heteroatoms. The van der Waals surface area contributed by atoms with Crippen molar-refractivity contribution in [2.45, 2.75) is 0 Å². The van der Waals surface area contributed by atoms with E-state index in [9.17, 15) is 0 Å². The van der Waals surface area contributed by atoms with Crippen molar-refractivity contribution in [3.8, 4) is 0 Å².